The highest BCUT2D eigenvalue weighted by Crippen LogP contribution is 2.34. The van der Waals surface area contributed by atoms with Gasteiger partial charge in [-0.2, -0.15) is 0 Å². The summed E-state index contributed by atoms with van der Waals surface area (Å²) < 4.78 is 12.7. The Kier molecular flexibility index (Phi) is 9.06. The molecule has 0 atom stereocenters. The van der Waals surface area contributed by atoms with Crippen molar-refractivity contribution in [2.75, 3.05) is 32.6 Å². The number of amides is 1. The number of unbranched alkanes of at least 4 members (excludes halogenated alkanes) is 2. The number of pyridine rings is 1. The average Bonchev–Trinajstić information content (AvgIpc) is 3.19. The number of aryl methyl sites for hydroxylation is 1. The highest BCUT2D eigenvalue weighted by molar-refractivity contribution is 8.26. The van der Waals surface area contributed by atoms with Crippen LogP contribution in [0.4, 0.5) is 5.82 Å². The molecule has 1 saturated heterocycles. The summed E-state index contributed by atoms with van der Waals surface area (Å²) in [6.45, 7) is 5.16. The van der Waals surface area contributed by atoms with E-state index in [0.717, 1.165) is 30.4 Å². The summed E-state index contributed by atoms with van der Waals surface area (Å²) in [7, 11) is 3.18. The molecule has 0 bridgehead atoms. The van der Waals surface area contributed by atoms with Crippen LogP contribution in [0.2, 0.25) is 0 Å². The van der Waals surface area contributed by atoms with Crippen LogP contribution in [0.1, 0.15) is 42.9 Å². The zero-order valence-corrected chi connectivity index (χ0v) is 23.7. The smallest absolute Gasteiger partial charge is 0.267 e. The van der Waals surface area contributed by atoms with E-state index in [9.17, 15) is 9.59 Å². The highest BCUT2D eigenvalue weighted by atomic mass is 32.2. The molecule has 8 nitrogen and oxygen atoms in total. The lowest BCUT2D eigenvalue weighted by Gasteiger charge is -2.15. The van der Waals surface area contributed by atoms with E-state index in [1.54, 1.807) is 31.4 Å². The summed E-state index contributed by atoms with van der Waals surface area (Å²) in [5.41, 5.74) is 2.61. The number of thiocarbonyl (C=S) groups is 1. The molecular weight excluding hydrogens is 520 g/mol. The monoisotopic (exact) mass is 552 g/mol. The van der Waals surface area contributed by atoms with Crippen molar-refractivity contribution in [2.45, 2.75) is 39.5 Å². The van der Waals surface area contributed by atoms with Crippen LogP contribution in [0.15, 0.2) is 46.2 Å². The number of aromatic nitrogens is 2. The number of rotatable bonds is 11. The van der Waals surface area contributed by atoms with Gasteiger partial charge < -0.3 is 14.8 Å². The third-order valence-corrected chi connectivity index (χ3v) is 7.68. The number of hydrogen-bond acceptors (Lipinski definition) is 8. The normalized spacial score (nSPS) is 14.5. The van der Waals surface area contributed by atoms with Gasteiger partial charge in [-0.05, 0) is 55.2 Å². The second-order valence-corrected chi connectivity index (χ2v) is 10.7. The van der Waals surface area contributed by atoms with E-state index in [1.165, 1.54) is 16.2 Å². The molecule has 200 valence electrons. The first kappa shape index (κ1) is 27.7. The Labute approximate surface area is 232 Å². The molecule has 1 amide bonds. The van der Waals surface area contributed by atoms with Crippen LogP contribution < -0.4 is 20.3 Å². The van der Waals surface area contributed by atoms with Gasteiger partial charge in [0.2, 0.25) is 0 Å². The number of anilines is 1. The van der Waals surface area contributed by atoms with Crippen LogP contribution in [0, 0.1) is 6.92 Å². The topological polar surface area (TPSA) is 85.2 Å². The Morgan fingerprint density at radius 3 is 2.63 bits per heavy atom. The van der Waals surface area contributed by atoms with Crippen LogP contribution >= 0.6 is 24.0 Å². The lowest BCUT2D eigenvalue weighted by molar-refractivity contribution is -0.122. The number of hydrogen-bond donors (Lipinski definition) is 1. The van der Waals surface area contributed by atoms with Crippen LogP contribution in [-0.4, -0.2) is 51.8 Å². The number of fused-ring (bicyclic) bond motifs is 1. The predicted octanol–water partition coefficient (Wildman–Crippen LogP) is 5.07. The van der Waals surface area contributed by atoms with E-state index in [2.05, 4.69) is 12.2 Å². The molecule has 1 aliphatic rings. The van der Waals surface area contributed by atoms with Gasteiger partial charge in [0, 0.05) is 19.3 Å². The van der Waals surface area contributed by atoms with E-state index in [0.29, 0.717) is 57.3 Å². The van der Waals surface area contributed by atoms with Gasteiger partial charge in [0.1, 0.15) is 15.8 Å². The standard InChI is InChI=1S/C28H32N4O4S2/c1-5-6-7-13-29-25-20(26(33)32-17-18(2)8-11-24(32)30-25)16-23-27(34)31(28(37)38-23)14-12-19-9-10-21(35-3)22(15-19)36-4/h8-11,15-17,29H,5-7,12-14H2,1-4H3/b23-16+. The van der Waals surface area contributed by atoms with Gasteiger partial charge in [-0.15, -0.1) is 0 Å². The summed E-state index contributed by atoms with van der Waals surface area (Å²) in [6, 6.07) is 9.42. The van der Waals surface area contributed by atoms with Crippen molar-refractivity contribution in [2.24, 2.45) is 0 Å². The van der Waals surface area contributed by atoms with Gasteiger partial charge in [-0.1, -0.05) is 55.9 Å². The number of nitrogens with one attached hydrogen (secondary N) is 1. The molecule has 0 saturated carbocycles. The maximum absolute atomic E-state index is 13.5. The van der Waals surface area contributed by atoms with Crippen LogP contribution in [0.25, 0.3) is 11.7 Å². The molecule has 0 aliphatic carbocycles. The predicted molar refractivity (Wildman–Crippen MR) is 157 cm³/mol. The molecule has 0 radical (unpaired) electrons. The number of carbonyl (C=O) groups excluding carboxylic acids is 1. The Morgan fingerprint density at radius 2 is 1.89 bits per heavy atom. The van der Waals surface area contributed by atoms with E-state index < -0.39 is 0 Å². The largest absolute Gasteiger partial charge is 0.493 e. The number of methoxy groups -OCH3 is 2. The summed E-state index contributed by atoms with van der Waals surface area (Å²) >= 11 is 6.75. The fraction of sp³-hybridized carbons (Fsp3) is 0.357. The number of benzene rings is 1. The average molecular weight is 553 g/mol. The first-order chi connectivity index (χ1) is 18.4. The Hall–Kier alpha value is -3.37. The molecule has 0 unspecified atom stereocenters. The number of nitrogens with zero attached hydrogens (tertiary/aromatic N) is 3. The van der Waals surface area contributed by atoms with Gasteiger partial charge in [0.25, 0.3) is 11.5 Å². The zero-order valence-electron chi connectivity index (χ0n) is 22.1. The molecule has 0 spiro atoms. The SMILES string of the molecule is CCCCCNc1nc2ccc(C)cn2c(=O)c1/C=C1/SC(=S)N(CCc2ccc(OC)c(OC)c2)C1=O. The summed E-state index contributed by atoms with van der Waals surface area (Å²) in [5.74, 6) is 1.54. The molecule has 1 N–H and O–H groups in total. The molecule has 1 fully saturated rings. The van der Waals surface area contributed by atoms with Crippen molar-refractivity contribution in [1.29, 1.82) is 0 Å². The zero-order chi connectivity index (χ0) is 27.2. The van der Waals surface area contributed by atoms with E-state index >= 15 is 0 Å². The van der Waals surface area contributed by atoms with Gasteiger partial charge in [0.15, 0.2) is 11.5 Å². The van der Waals surface area contributed by atoms with Crippen LogP contribution in [0.3, 0.4) is 0 Å². The fourth-order valence-electron chi connectivity index (χ4n) is 4.21. The van der Waals surface area contributed by atoms with E-state index in [4.69, 9.17) is 26.7 Å². The lowest BCUT2D eigenvalue weighted by Crippen LogP contribution is -2.30. The minimum atomic E-state index is -0.229. The molecule has 3 aromatic rings. The van der Waals surface area contributed by atoms with Crippen LogP contribution in [-0.2, 0) is 11.2 Å². The van der Waals surface area contributed by atoms with Crippen LogP contribution in [0.5, 0.6) is 11.5 Å². The van der Waals surface area contributed by atoms with Gasteiger partial charge >= 0.3 is 0 Å². The Bertz CT molecular complexity index is 1450. The first-order valence-corrected chi connectivity index (χ1v) is 13.8. The maximum Gasteiger partial charge on any atom is 0.267 e. The number of thioether (sulfide) groups is 1. The molecule has 1 aliphatic heterocycles. The lowest BCUT2D eigenvalue weighted by atomic mass is 10.1. The highest BCUT2D eigenvalue weighted by Gasteiger charge is 2.32. The molecule has 4 rings (SSSR count). The second-order valence-electron chi connectivity index (χ2n) is 9.02. The third-order valence-electron chi connectivity index (χ3n) is 6.30. The maximum atomic E-state index is 13.5. The van der Waals surface area contributed by atoms with Crippen molar-refractivity contribution in [1.82, 2.24) is 14.3 Å². The fourth-order valence-corrected chi connectivity index (χ4v) is 5.50. The molecule has 38 heavy (non-hydrogen) atoms. The van der Waals surface area contributed by atoms with Crippen molar-refractivity contribution in [3.8, 4) is 11.5 Å². The summed E-state index contributed by atoms with van der Waals surface area (Å²) in [6.07, 6.45) is 7.10. The number of carbonyl (C=O) groups is 1. The van der Waals surface area contributed by atoms with Gasteiger partial charge in [-0.25, -0.2) is 4.98 Å². The minimum absolute atomic E-state index is 0.217. The van der Waals surface area contributed by atoms with Gasteiger partial charge in [0.05, 0.1) is 24.7 Å². The van der Waals surface area contributed by atoms with E-state index in [-0.39, 0.29) is 11.5 Å². The van der Waals surface area contributed by atoms with E-state index in [1.807, 2.05) is 37.3 Å². The van der Waals surface area contributed by atoms with Crippen molar-refractivity contribution in [3.63, 3.8) is 0 Å². The second kappa shape index (κ2) is 12.4. The minimum Gasteiger partial charge on any atom is -0.493 e. The Balaban J connectivity index is 1.61. The molecule has 1 aromatic carbocycles. The van der Waals surface area contributed by atoms with Crippen molar-refractivity contribution in [3.05, 3.63) is 68.5 Å². The molecule has 10 heteroatoms. The quantitative estimate of drug-likeness (QED) is 0.201. The number of ether oxygens (including phenoxy) is 2. The first-order valence-electron chi connectivity index (χ1n) is 12.6. The molecule has 2 aromatic heterocycles. The molecule has 3 heterocycles. The summed E-state index contributed by atoms with van der Waals surface area (Å²) in [5, 5.41) is 3.32. The molecular formula is C28H32N4O4S2. The van der Waals surface area contributed by atoms with Gasteiger partial charge in [-0.3, -0.25) is 18.9 Å². The third kappa shape index (κ3) is 6.02. The Morgan fingerprint density at radius 1 is 1.11 bits per heavy atom. The summed E-state index contributed by atoms with van der Waals surface area (Å²) in [4.78, 5) is 33.6. The van der Waals surface area contributed by atoms with Crippen molar-refractivity contribution < 1.29 is 14.3 Å². The van der Waals surface area contributed by atoms with Crippen molar-refractivity contribution >= 4 is 51.7 Å².